The normalized spacial score (nSPS) is 7.77. The third kappa shape index (κ3) is 25.2. The molecule has 5 nitrogen and oxygen atoms in total. The van der Waals surface area contributed by atoms with Crippen molar-refractivity contribution in [1.29, 1.82) is 0 Å². The Morgan fingerprint density at radius 1 is 1.38 bits per heavy atom. The van der Waals surface area contributed by atoms with Gasteiger partial charge in [0.05, 0.1) is 6.42 Å². The SMILES string of the molecule is C=CC(N)=O.CC(=O)CCC(=O)O. The van der Waals surface area contributed by atoms with Crippen LogP contribution in [0.3, 0.4) is 0 Å². The molecule has 0 spiro atoms. The average Bonchev–Trinajstić information content (AvgIpc) is 2.02. The van der Waals surface area contributed by atoms with Gasteiger partial charge in [-0.25, -0.2) is 0 Å². The molecule has 0 fully saturated rings. The van der Waals surface area contributed by atoms with Crippen LogP contribution < -0.4 is 5.73 Å². The van der Waals surface area contributed by atoms with Gasteiger partial charge in [-0.2, -0.15) is 0 Å². The number of carboxylic acid groups (broad SMARTS) is 1. The highest BCUT2D eigenvalue weighted by atomic mass is 16.4. The number of carboxylic acids is 1. The highest BCUT2D eigenvalue weighted by molar-refractivity contribution is 5.85. The van der Waals surface area contributed by atoms with Gasteiger partial charge in [0.1, 0.15) is 5.78 Å². The van der Waals surface area contributed by atoms with Gasteiger partial charge in [-0.15, -0.1) is 0 Å². The van der Waals surface area contributed by atoms with Crippen LogP contribution in [-0.2, 0) is 14.4 Å². The van der Waals surface area contributed by atoms with Crippen LogP contribution in [0.15, 0.2) is 12.7 Å². The van der Waals surface area contributed by atoms with Crippen LogP contribution in [0.4, 0.5) is 0 Å². The number of amides is 1. The second kappa shape index (κ2) is 8.45. The highest BCUT2D eigenvalue weighted by Gasteiger charge is 1.97. The second-order valence-corrected chi connectivity index (χ2v) is 2.20. The van der Waals surface area contributed by atoms with Gasteiger partial charge in [-0.3, -0.25) is 9.59 Å². The van der Waals surface area contributed by atoms with Crippen molar-refractivity contribution in [2.75, 3.05) is 0 Å². The molecule has 0 unspecified atom stereocenters. The minimum Gasteiger partial charge on any atom is -0.481 e. The fraction of sp³-hybridized carbons (Fsp3) is 0.375. The average molecular weight is 187 g/mol. The third-order valence-electron chi connectivity index (χ3n) is 0.892. The first-order valence-electron chi connectivity index (χ1n) is 3.53. The van der Waals surface area contributed by atoms with Crippen molar-refractivity contribution in [1.82, 2.24) is 0 Å². The van der Waals surface area contributed by atoms with Crippen molar-refractivity contribution >= 4 is 17.7 Å². The zero-order valence-electron chi connectivity index (χ0n) is 7.45. The van der Waals surface area contributed by atoms with E-state index in [0.29, 0.717) is 0 Å². The molecule has 0 aromatic heterocycles. The number of rotatable bonds is 4. The zero-order chi connectivity index (χ0) is 10.9. The molecule has 13 heavy (non-hydrogen) atoms. The Morgan fingerprint density at radius 2 is 1.77 bits per heavy atom. The molecule has 0 heterocycles. The molecule has 0 rings (SSSR count). The maximum atomic E-state index is 10.1. The number of ketones is 1. The van der Waals surface area contributed by atoms with Crippen LogP contribution in [0.25, 0.3) is 0 Å². The summed E-state index contributed by atoms with van der Waals surface area (Å²) >= 11 is 0. The molecule has 0 bridgehead atoms. The maximum absolute atomic E-state index is 10.1. The summed E-state index contributed by atoms with van der Waals surface area (Å²) < 4.78 is 0. The van der Waals surface area contributed by atoms with Crippen molar-refractivity contribution in [3.8, 4) is 0 Å². The van der Waals surface area contributed by atoms with Gasteiger partial charge >= 0.3 is 5.97 Å². The van der Waals surface area contributed by atoms with Crippen molar-refractivity contribution in [3.63, 3.8) is 0 Å². The smallest absolute Gasteiger partial charge is 0.303 e. The summed E-state index contributed by atoms with van der Waals surface area (Å²) in [6.07, 6.45) is 1.16. The number of primary amides is 1. The van der Waals surface area contributed by atoms with E-state index in [1.54, 1.807) is 0 Å². The van der Waals surface area contributed by atoms with Gasteiger partial charge in [0.25, 0.3) is 0 Å². The highest BCUT2D eigenvalue weighted by Crippen LogP contribution is 1.87. The van der Waals surface area contributed by atoms with E-state index in [2.05, 4.69) is 12.3 Å². The van der Waals surface area contributed by atoms with E-state index >= 15 is 0 Å². The molecule has 0 aliphatic heterocycles. The Labute approximate surface area is 76.2 Å². The van der Waals surface area contributed by atoms with Gasteiger partial charge in [-0.05, 0) is 13.0 Å². The number of hydrogen-bond donors (Lipinski definition) is 2. The lowest BCUT2D eigenvalue weighted by atomic mass is 10.2. The molecule has 3 N–H and O–H groups in total. The Bertz CT molecular complexity index is 196. The van der Waals surface area contributed by atoms with Crippen LogP contribution in [0.5, 0.6) is 0 Å². The van der Waals surface area contributed by atoms with Crippen molar-refractivity contribution in [3.05, 3.63) is 12.7 Å². The molecule has 0 saturated heterocycles. The quantitative estimate of drug-likeness (QED) is 0.610. The molecule has 0 atom stereocenters. The second-order valence-electron chi connectivity index (χ2n) is 2.20. The molecule has 1 amide bonds. The number of nitrogens with two attached hydrogens (primary N) is 1. The third-order valence-corrected chi connectivity index (χ3v) is 0.892. The summed E-state index contributed by atoms with van der Waals surface area (Å²) in [7, 11) is 0. The predicted octanol–water partition coefficient (Wildman–Crippen LogP) is 0.0979. The van der Waals surface area contributed by atoms with E-state index in [4.69, 9.17) is 5.11 Å². The summed E-state index contributed by atoms with van der Waals surface area (Å²) in [6, 6.07) is 0. The van der Waals surface area contributed by atoms with Crippen molar-refractivity contribution in [2.24, 2.45) is 5.73 Å². The van der Waals surface area contributed by atoms with Crippen LogP contribution in [0, 0.1) is 0 Å². The molecule has 0 radical (unpaired) electrons. The number of carbonyl (C=O) groups is 3. The van der Waals surface area contributed by atoms with Crippen LogP contribution in [-0.4, -0.2) is 22.8 Å². The standard InChI is InChI=1S/C5H8O3.C3H5NO/c1-4(6)2-3-5(7)8;1-2-3(4)5/h2-3H2,1H3,(H,7,8);2H,1H2,(H2,4,5). The first kappa shape index (κ1) is 13.9. The number of carbonyl (C=O) groups excluding carboxylic acids is 2. The number of hydrogen-bond acceptors (Lipinski definition) is 3. The summed E-state index contributed by atoms with van der Waals surface area (Å²) in [5.74, 6) is -1.47. The summed E-state index contributed by atoms with van der Waals surface area (Å²) in [6.45, 7) is 4.46. The van der Waals surface area contributed by atoms with Gasteiger partial charge in [-0.1, -0.05) is 6.58 Å². The molecule has 0 saturated carbocycles. The van der Waals surface area contributed by atoms with Crippen LogP contribution >= 0.6 is 0 Å². The zero-order valence-corrected chi connectivity index (χ0v) is 7.45. The van der Waals surface area contributed by atoms with Gasteiger partial charge < -0.3 is 15.6 Å². The Balaban J connectivity index is 0. The fourth-order valence-electron chi connectivity index (χ4n) is 0.283. The van der Waals surface area contributed by atoms with E-state index in [-0.39, 0.29) is 18.6 Å². The van der Waals surface area contributed by atoms with Gasteiger partial charge in [0.15, 0.2) is 0 Å². The molecular weight excluding hydrogens is 174 g/mol. The fourth-order valence-corrected chi connectivity index (χ4v) is 0.283. The lowest BCUT2D eigenvalue weighted by molar-refractivity contribution is -0.138. The Morgan fingerprint density at radius 3 is 1.85 bits per heavy atom. The summed E-state index contributed by atoms with van der Waals surface area (Å²) in [5, 5.41) is 8.01. The monoisotopic (exact) mass is 187 g/mol. The minimum absolute atomic E-state index is 0.0463. The van der Waals surface area contributed by atoms with E-state index < -0.39 is 11.9 Å². The van der Waals surface area contributed by atoms with E-state index in [1.807, 2.05) is 0 Å². The molecule has 0 aliphatic carbocycles. The number of aliphatic carboxylic acids is 1. The first-order chi connectivity index (χ1) is 5.90. The van der Waals surface area contributed by atoms with E-state index in [1.165, 1.54) is 6.92 Å². The molecule has 0 aromatic rings. The lowest BCUT2D eigenvalue weighted by Crippen LogP contribution is -2.04. The molecule has 0 aliphatic rings. The maximum Gasteiger partial charge on any atom is 0.303 e. The Hall–Kier alpha value is -1.65. The lowest BCUT2D eigenvalue weighted by Gasteiger charge is -1.86. The van der Waals surface area contributed by atoms with Crippen molar-refractivity contribution in [2.45, 2.75) is 19.8 Å². The summed E-state index contributed by atoms with van der Waals surface area (Å²) in [5.41, 5.74) is 4.53. The molecule has 5 heteroatoms. The largest absolute Gasteiger partial charge is 0.481 e. The minimum atomic E-state index is -0.916. The van der Waals surface area contributed by atoms with Crippen LogP contribution in [0.1, 0.15) is 19.8 Å². The van der Waals surface area contributed by atoms with Gasteiger partial charge in [0.2, 0.25) is 5.91 Å². The van der Waals surface area contributed by atoms with Crippen LogP contribution in [0.2, 0.25) is 0 Å². The van der Waals surface area contributed by atoms with Gasteiger partial charge in [0, 0.05) is 6.42 Å². The molecular formula is C8H13NO4. The first-order valence-corrected chi connectivity index (χ1v) is 3.53. The summed E-state index contributed by atoms with van der Waals surface area (Å²) in [4.78, 5) is 29.3. The van der Waals surface area contributed by atoms with E-state index in [0.717, 1.165) is 6.08 Å². The molecule has 0 aromatic carbocycles. The van der Waals surface area contributed by atoms with Crippen molar-refractivity contribution < 1.29 is 19.5 Å². The topological polar surface area (TPSA) is 97.5 Å². The molecule has 74 valence electrons. The Kier molecular flexibility index (Phi) is 9.04. The predicted molar refractivity (Wildman–Crippen MR) is 46.9 cm³/mol. The number of Topliss-reactive ketones (excluding diaryl/α,β-unsaturated/α-hetero) is 1. The van der Waals surface area contributed by atoms with E-state index in [9.17, 15) is 14.4 Å².